The monoisotopic (exact) mass is 217 g/mol. The summed E-state index contributed by atoms with van der Waals surface area (Å²) >= 11 is 0. The van der Waals surface area contributed by atoms with Crippen molar-refractivity contribution in [3.05, 3.63) is 0 Å². The molecule has 1 fully saturated rings. The Balaban J connectivity index is 0.00000169. The summed E-state index contributed by atoms with van der Waals surface area (Å²) in [6.07, 6.45) is 2.28. The molecule has 1 saturated heterocycles. The number of rotatable bonds is 0. The van der Waals surface area contributed by atoms with Gasteiger partial charge in [0.05, 0.1) is 0 Å². The Hall–Kier alpha value is -0.180. The van der Waals surface area contributed by atoms with E-state index in [4.69, 9.17) is 0 Å². The first-order chi connectivity index (χ1) is 5.79. The second kappa shape index (κ2) is 4.13. The summed E-state index contributed by atoms with van der Waals surface area (Å²) in [5.74, 6) is 0.218. The summed E-state index contributed by atoms with van der Waals surface area (Å²) in [4.78, 5) is 13.5. The largest absolute Gasteiger partial charge is 0.337 e. The van der Waals surface area contributed by atoms with E-state index in [0.717, 1.165) is 19.4 Å². The smallest absolute Gasteiger partial charge is 0.219 e. The molecule has 1 aliphatic heterocycles. The number of likely N-dealkylation sites (tertiary alicyclic amines) is 1. The lowest BCUT2D eigenvalue weighted by Crippen LogP contribution is -2.52. The molecule has 1 aliphatic rings. The first-order valence-electron chi connectivity index (χ1n) is 5.07. The van der Waals surface area contributed by atoms with Crippen molar-refractivity contribution in [2.24, 2.45) is 5.41 Å². The van der Waals surface area contributed by atoms with Crippen molar-refractivity contribution >= 4 is 19.4 Å². The Morgan fingerprint density at radius 3 is 2.14 bits per heavy atom. The molecular formula is C11H23NOS. The van der Waals surface area contributed by atoms with Gasteiger partial charge in [-0.3, -0.25) is 4.79 Å². The van der Waals surface area contributed by atoms with Crippen LogP contribution in [0.1, 0.15) is 47.5 Å². The maximum Gasteiger partial charge on any atom is 0.219 e. The van der Waals surface area contributed by atoms with Gasteiger partial charge >= 0.3 is 0 Å². The van der Waals surface area contributed by atoms with Crippen LogP contribution in [0, 0.1) is 5.41 Å². The third kappa shape index (κ3) is 2.08. The van der Waals surface area contributed by atoms with Crippen molar-refractivity contribution in [2.75, 3.05) is 6.54 Å². The van der Waals surface area contributed by atoms with Gasteiger partial charge in [-0.15, -0.1) is 0 Å². The second-order valence-corrected chi connectivity index (χ2v) is 5.30. The van der Waals surface area contributed by atoms with E-state index in [9.17, 15) is 4.79 Å². The van der Waals surface area contributed by atoms with Gasteiger partial charge in [0.2, 0.25) is 5.91 Å². The maximum atomic E-state index is 11.4. The van der Waals surface area contributed by atoms with Crippen LogP contribution in [0.2, 0.25) is 0 Å². The summed E-state index contributed by atoms with van der Waals surface area (Å²) in [6, 6.07) is 0. The minimum atomic E-state index is 0. The molecule has 14 heavy (non-hydrogen) atoms. The van der Waals surface area contributed by atoms with Crippen LogP contribution in [0.4, 0.5) is 0 Å². The van der Waals surface area contributed by atoms with E-state index in [2.05, 4.69) is 27.7 Å². The Labute approximate surface area is 94.5 Å². The fourth-order valence-electron chi connectivity index (χ4n) is 2.25. The van der Waals surface area contributed by atoms with Crippen molar-refractivity contribution in [1.82, 2.24) is 4.90 Å². The fraction of sp³-hybridized carbons (Fsp3) is 0.909. The lowest BCUT2D eigenvalue weighted by atomic mass is 9.73. The first-order valence-corrected chi connectivity index (χ1v) is 5.07. The van der Waals surface area contributed by atoms with Crippen molar-refractivity contribution < 1.29 is 4.79 Å². The fourth-order valence-corrected chi connectivity index (χ4v) is 2.25. The van der Waals surface area contributed by atoms with E-state index >= 15 is 0 Å². The zero-order valence-electron chi connectivity index (χ0n) is 9.98. The van der Waals surface area contributed by atoms with Gasteiger partial charge in [0, 0.05) is 19.0 Å². The predicted octanol–water partition coefficient (Wildman–Crippen LogP) is 2.55. The molecule has 1 atom stereocenters. The molecule has 0 radical (unpaired) electrons. The molecule has 84 valence electrons. The van der Waals surface area contributed by atoms with Gasteiger partial charge < -0.3 is 4.90 Å². The zero-order chi connectivity index (χ0) is 10.3. The van der Waals surface area contributed by atoms with Gasteiger partial charge in [0.1, 0.15) is 0 Å². The minimum Gasteiger partial charge on any atom is -0.337 e. The third-order valence-corrected chi connectivity index (χ3v) is 3.64. The average molecular weight is 217 g/mol. The van der Waals surface area contributed by atoms with E-state index in [-0.39, 0.29) is 30.4 Å². The molecule has 3 heteroatoms. The molecule has 0 spiro atoms. The molecule has 0 aromatic heterocycles. The van der Waals surface area contributed by atoms with Crippen LogP contribution in [-0.4, -0.2) is 22.9 Å². The summed E-state index contributed by atoms with van der Waals surface area (Å²) in [6.45, 7) is 11.5. The highest BCUT2D eigenvalue weighted by atomic mass is 32.1. The Bertz CT molecular complexity index is 222. The highest BCUT2D eigenvalue weighted by Gasteiger charge is 2.46. The normalized spacial score (nSPS) is 27.4. The van der Waals surface area contributed by atoms with E-state index in [1.165, 1.54) is 0 Å². The Morgan fingerprint density at radius 2 is 1.86 bits per heavy atom. The van der Waals surface area contributed by atoms with Gasteiger partial charge in [-0.05, 0) is 25.2 Å². The summed E-state index contributed by atoms with van der Waals surface area (Å²) in [5.41, 5.74) is 0.230. The van der Waals surface area contributed by atoms with Crippen LogP contribution in [0.5, 0.6) is 0 Å². The molecule has 0 unspecified atom stereocenters. The van der Waals surface area contributed by atoms with Crippen LogP contribution in [0.15, 0.2) is 0 Å². The maximum absolute atomic E-state index is 11.4. The Kier molecular flexibility index (Phi) is 4.08. The highest BCUT2D eigenvalue weighted by Crippen LogP contribution is 2.43. The predicted molar refractivity (Wildman–Crippen MR) is 64.9 cm³/mol. The SMILES string of the molecule is CC(=O)N1CCC[C@@]1(C)C(C)(C)C.S. The van der Waals surface area contributed by atoms with E-state index < -0.39 is 0 Å². The number of nitrogens with zero attached hydrogens (tertiary/aromatic N) is 1. The quantitative estimate of drug-likeness (QED) is 0.610. The van der Waals surface area contributed by atoms with Gasteiger partial charge in [0.25, 0.3) is 0 Å². The summed E-state index contributed by atoms with van der Waals surface area (Å²) < 4.78 is 0. The highest BCUT2D eigenvalue weighted by molar-refractivity contribution is 7.59. The number of carbonyl (C=O) groups excluding carboxylic acids is 1. The number of hydrogen-bond donors (Lipinski definition) is 0. The third-order valence-electron chi connectivity index (χ3n) is 3.64. The molecule has 1 rings (SSSR count). The molecule has 0 N–H and O–H groups in total. The molecule has 0 saturated carbocycles. The molecule has 0 aromatic rings. The zero-order valence-corrected chi connectivity index (χ0v) is 11.0. The van der Waals surface area contributed by atoms with Gasteiger partial charge in [0.15, 0.2) is 0 Å². The molecule has 2 nitrogen and oxygen atoms in total. The lowest BCUT2D eigenvalue weighted by Gasteiger charge is -2.45. The Morgan fingerprint density at radius 1 is 1.36 bits per heavy atom. The molecule has 1 heterocycles. The number of amides is 1. The van der Waals surface area contributed by atoms with Crippen LogP contribution in [-0.2, 0) is 4.79 Å². The van der Waals surface area contributed by atoms with E-state index in [1.54, 1.807) is 6.92 Å². The van der Waals surface area contributed by atoms with Crippen molar-refractivity contribution in [3.8, 4) is 0 Å². The van der Waals surface area contributed by atoms with Crippen molar-refractivity contribution in [3.63, 3.8) is 0 Å². The standard InChI is InChI=1S/C11H21NO.H2S/c1-9(13)12-8-6-7-11(12,5)10(2,3)4;/h6-8H2,1-5H3;1H2/t11-;/m0./s1. The first kappa shape index (κ1) is 13.8. The van der Waals surface area contributed by atoms with Crippen LogP contribution < -0.4 is 0 Å². The average Bonchev–Trinajstić information content (AvgIpc) is 2.30. The molecular weight excluding hydrogens is 194 g/mol. The van der Waals surface area contributed by atoms with E-state index in [0.29, 0.717) is 0 Å². The van der Waals surface area contributed by atoms with Gasteiger partial charge in [-0.1, -0.05) is 20.8 Å². The molecule has 0 aliphatic carbocycles. The van der Waals surface area contributed by atoms with Crippen LogP contribution in [0.25, 0.3) is 0 Å². The second-order valence-electron chi connectivity index (χ2n) is 5.30. The van der Waals surface area contributed by atoms with Crippen molar-refractivity contribution in [2.45, 2.75) is 53.0 Å². The van der Waals surface area contributed by atoms with Crippen LogP contribution >= 0.6 is 13.5 Å². The van der Waals surface area contributed by atoms with E-state index in [1.807, 2.05) is 4.90 Å². The molecule has 0 bridgehead atoms. The number of hydrogen-bond acceptors (Lipinski definition) is 1. The lowest BCUT2D eigenvalue weighted by molar-refractivity contribution is -0.136. The topological polar surface area (TPSA) is 20.3 Å². The van der Waals surface area contributed by atoms with Crippen LogP contribution in [0.3, 0.4) is 0 Å². The summed E-state index contributed by atoms with van der Waals surface area (Å²) in [7, 11) is 0. The van der Waals surface area contributed by atoms with Gasteiger partial charge in [-0.2, -0.15) is 13.5 Å². The summed E-state index contributed by atoms with van der Waals surface area (Å²) in [5, 5.41) is 0. The van der Waals surface area contributed by atoms with Crippen molar-refractivity contribution in [1.29, 1.82) is 0 Å². The molecule has 1 amide bonds. The molecule has 0 aromatic carbocycles. The van der Waals surface area contributed by atoms with Gasteiger partial charge in [-0.25, -0.2) is 0 Å². The minimum absolute atomic E-state index is 0. The number of carbonyl (C=O) groups is 1.